The van der Waals surface area contributed by atoms with Gasteiger partial charge < -0.3 is 15.2 Å². The Morgan fingerprint density at radius 2 is 2.00 bits per heavy atom. The standard InChI is InChI=1S/C15H22INO2/c16-14-8-4-5-9-15(14)17-10-12(18)11-19-13-6-2-1-3-7-13/h4-5,8-9,12-13,17-18H,1-3,6-7,10-11H2. The molecule has 1 saturated carbocycles. The maximum absolute atomic E-state index is 9.94. The summed E-state index contributed by atoms with van der Waals surface area (Å²) in [7, 11) is 0. The summed E-state index contributed by atoms with van der Waals surface area (Å²) >= 11 is 2.29. The van der Waals surface area contributed by atoms with E-state index in [1.54, 1.807) is 0 Å². The van der Waals surface area contributed by atoms with E-state index in [0.29, 0.717) is 19.3 Å². The second kappa shape index (κ2) is 8.07. The predicted molar refractivity (Wildman–Crippen MR) is 86.5 cm³/mol. The Kier molecular flexibility index (Phi) is 6.40. The van der Waals surface area contributed by atoms with E-state index in [9.17, 15) is 5.11 Å². The minimum absolute atomic E-state index is 0.361. The molecule has 0 spiro atoms. The minimum Gasteiger partial charge on any atom is -0.389 e. The summed E-state index contributed by atoms with van der Waals surface area (Å²) in [6, 6.07) is 8.08. The van der Waals surface area contributed by atoms with Crippen LogP contribution in [0.15, 0.2) is 24.3 Å². The minimum atomic E-state index is -0.446. The number of benzene rings is 1. The summed E-state index contributed by atoms with van der Waals surface area (Å²) in [6.45, 7) is 0.966. The zero-order chi connectivity index (χ0) is 13.5. The maximum atomic E-state index is 9.94. The van der Waals surface area contributed by atoms with Gasteiger partial charge in [-0.3, -0.25) is 0 Å². The Labute approximate surface area is 128 Å². The largest absolute Gasteiger partial charge is 0.389 e. The third-order valence-electron chi connectivity index (χ3n) is 3.48. The number of aliphatic hydroxyl groups excluding tert-OH is 1. The molecule has 0 aliphatic heterocycles. The highest BCUT2D eigenvalue weighted by Gasteiger charge is 2.15. The van der Waals surface area contributed by atoms with Crippen molar-refractivity contribution in [2.45, 2.75) is 44.3 Å². The molecule has 4 heteroatoms. The molecule has 106 valence electrons. The molecule has 1 aromatic rings. The highest BCUT2D eigenvalue weighted by Crippen LogP contribution is 2.20. The summed E-state index contributed by atoms with van der Waals surface area (Å²) in [4.78, 5) is 0. The Morgan fingerprint density at radius 3 is 2.74 bits per heavy atom. The smallest absolute Gasteiger partial charge is 0.0945 e. The molecule has 1 aliphatic rings. The van der Waals surface area contributed by atoms with Crippen LogP contribution in [0.1, 0.15) is 32.1 Å². The highest BCUT2D eigenvalue weighted by molar-refractivity contribution is 14.1. The van der Waals surface area contributed by atoms with Gasteiger partial charge in [-0.15, -0.1) is 0 Å². The SMILES string of the molecule is OC(CNc1ccccc1I)COC1CCCCC1. The third kappa shape index (κ3) is 5.28. The Bertz CT molecular complexity index is 380. The first kappa shape index (κ1) is 15.1. The molecule has 1 aromatic carbocycles. The van der Waals surface area contributed by atoms with E-state index in [1.807, 2.05) is 24.3 Å². The van der Waals surface area contributed by atoms with Crippen molar-refractivity contribution in [2.75, 3.05) is 18.5 Å². The van der Waals surface area contributed by atoms with Crippen molar-refractivity contribution >= 4 is 28.3 Å². The van der Waals surface area contributed by atoms with Crippen LogP contribution < -0.4 is 5.32 Å². The maximum Gasteiger partial charge on any atom is 0.0945 e. The lowest BCUT2D eigenvalue weighted by Crippen LogP contribution is -2.28. The fourth-order valence-electron chi connectivity index (χ4n) is 2.37. The first-order chi connectivity index (χ1) is 9.25. The lowest BCUT2D eigenvalue weighted by atomic mass is 9.98. The number of rotatable bonds is 6. The van der Waals surface area contributed by atoms with Crippen LogP contribution in [0.3, 0.4) is 0 Å². The first-order valence-electron chi connectivity index (χ1n) is 7.04. The summed E-state index contributed by atoms with van der Waals surface area (Å²) in [6.07, 6.45) is 6.07. The molecule has 2 N–H and O–H groups in total. The quantitative estimate of drug-likeness (QED) is 0.749. The van der Waals surface area contributed by atoms with E-state index in [1.165, 1.54) is 22.8 Å². The molecule has 1 atom stereocenters. The van der Waals surface area contributed by atoms with Gasteiger partial charge in [-0.25, -0.2) is 0 Å². The van der Waals surface area contributed by atoms with Gasteiger partial charge in [-0.05, 0) is 47.6 Å². The number of ether oxygens (including phenoxy) is 1. The number of halogens is 1. The van der Waals surface area contributed by atoms with E-state index < -0.39 is 6.10 Å². The summed E-state index contributed by atoms with van der Waals surface area (Å²) in [5.41, 5.74) is 1.07. The molecule has 0 aromatic heterocycles. The predicted octanol–water partition coefficient (Wildman–Crippen LogP) is 3.41. The molecule has 3 nitrogen and oxygen atoms in total. The lowest BCUT2D eigenvalue weighted by Gasteiger charge is -2.23. The van der Waals surface area contributed by atoms with E-state index in [2.05, 4.69) is 27.9 Å². The first-order valence-corrected chi connectivity index (χ1v) is 8.11. The average molecular weight is 375 g/mol. The highest BCUT2D eigenvalue weighted by atomic mass is 127. The van der Waals surface area contributed by atoms with Crippen molar-refractivity contribution in [3.8, 4) is 0 Å². The number of para-hydroxylation sites is 1. The topological polar surface area (TPSA) is 41.5 Å². The molecule has 1 unspecified atom stereocenters. The van der Waals surface area contributed by atoms with Crippen LogP contribution in [0.25, 0.3) is 0 Å². The van der Waals surface area contributed by atoms with Crippen LogP contribution in [-0.4, -0.2) is 30.5 Å². The Hall–Kier alpha value is -0.330. The zero-order valence-electron chi connectivity index (χ0n) is 11.1. The van der Waals surface area contributed by atoms with Gasteiger partial charge in [0, 0.05) is 15.8 Å². The van der Waals surface area contributed by atoms with E-state index >= 15 is 0 Å². The molecule has 0 amide bonds. The average Bonchev–Trinajstić information content (AvgIpc) is 2.45. The molecular weight excluding hydrogens is 353 g/mol. The molecule has 0 saturated heterocycles. The van der Waals surface area contributed by atoms with Crippen LogP contribution in [0.2, 0.25) is 0 Å². The van der Waals surface area contributed by atoms with Crippen LogP contribution in [0.5, 0.6) is 0 Å². The van der Waals surface area contributed by atoms with Crippen LogP contribution in [-0.2, 0) is 4.74 Å². The fraction of sp³-hybridized carbons (Fsp3) is 0.600. The zero-order valence-corrected chi connectivity index (χ0v) is 13.3. The van der Waals surface area contributed by atoms with Gasteiger partial charge in [0.25, 0.3) is 0 Å². The lowest BCUT2D eigenvalue weighted by molar-refractivity contribution is -0.0195. The number of anilines is 1. The van der Waals surface area contributed by atoms with Crippen LogP contribution in [0, 0.1) is 3.57 Å². The van der Waals surface area contributed by atoms with Crippen molar-refractivity contribution < 1.29 is 9.84 Å². The van der Waals surface area contributed by atoms with Gasteiger partial charge in [0.2, 0.25) is 0 Å². The van der Waals surface area contributed by atoms with Crippen LogP contribution in [0.4, 0.5) is 5.69 Å². The fourth-order valence-corrected chi connectivity index (χ4v) is 2.95. The Balaban J connectivity index is 1.66. The monoisotopic (exact) mass is 375 g/mol. The van der Waals surface area contributed by atoms with Crippen molar-refractivity contribution in [1.29, 1.82) is 0 Å². The second-order valence-corrected chi connectivity index (χ2v) is 6.27. The molecule has 1 aliphatic carbocycles. The van der Waals surface area contributed by atoms with Crippen molar-refractivity contribution in [3.05, 3.63) is 27.8 Å². The summed E-state index contributed by atoms with van der Waals surface area (Å²) < 4.78 is 6.94. The molecule has 0 radical (unpaired) electrons. The second-order valence-electron chi connectivity index (χ2n) is 5.11. The number of aliphatic hydroxyl groups is 1. The van der Waals surface area contributed by atoms with E-state index in [0.717, 1.165) is 18.5 Å². The molecule has 0 heterocycles. The molecule has 1 fully saturated rings. The van der Waals surface area contributed by atoms with Gasteiger partial charge in [0.05, 0.1) is 18.8 Å². The Morgan fingerprint density at radius 1 is 1.26 bits per heavy atom. The normalized spacial score (nSPS) is 18.2. The number of hydrogen-bond acceptors (Lipinski definition) is 3. The third-order valence-corrected chi connectivity index (χ3v) is 4.42. The van der Waals surface area contributed by atoms with Crippen molar-refractivity contribution in [1.82, 2.24) is 0 Å². The summed E-state index contributed by atoms with van der Waals surface area (Å²) in [5, 5.41) is 13.2. The molecule has 2 rings (SSSR count). The number of nitrogens with one attached hydrogen (secondary N) is 1. The van der Waals surface area contributed by atoms with E-state index in [4.69, 9.17) is 4.74 Å². The molecule has 19 heavy (non-hydrogen) atoms. The molecular formula is C15H22INO2. The van der Waals surface area contributed by atoms with Gasteiger partial charge in [0.15, 0.2) is 0 Å². The van der Waals surface area contributed by atoms with Crippen molar-refractivity contribution in [3.63, 3.8) is 0 Å². The van der Waals surface area contributed by atoms with Gasteiger partial charge in [-0.1, -0.05) is 31.4 Å². The van der Waals surface area contributed by atoms with Gasteiger partial charge >= 0.3 is 0 Å². The number of hydrogen-bond donors (Lipinski definition) is 2. The van der Waals surface area contributed by atoms with Crippen LogP contribution >= 0.6 is 22.6 Å². The van der Waals surface area contributed by atoms with Crippen molar-refractivity contribution in [2.24, 2.45) is 0 Å². The summed E-state index contributed by atoms with van der Waals surface area (Å²) in [5.74, 6) is 0. The molecule has 0 bridgehead atoms. The van der Waals surface area contributed by atoms with Gasteiger partial charge in [0.1, 0.15) is 0 Å². The van der Waals surface area contributed by atoms with Gasteiger partial charge in [-0.2, -0.15) is 0 Å². The van der Waals surface area contributed by atoms with E-state index in [-0.39, 0.29) is 0 Å².